The molecule has 1 atom stereocenters. The summed E-state index contributed by atoms with van der Waals surface area (Å²) < 4.78 is 10.7. The summed E-state index contributed by atoms with van der Waals surface area (Å²) in [4.78, 5) is 36.2. The maximum Gasteiger partial charge on any atom is 0.319 e. The molecule has 1 aliphatic heterocycles. The largest absolute Gasteiger partial charge is 0.454 e. The fraction of sp³-hybridized carbons (Fsp3) is 0.120. The number of urea groups is 1. The second-order valence-electron chi connectivity index (χ2n) is 8.11. The van der Waals surface area contributed by atoms with E-state index in [1.54, 1.807) is 12.1 Å². The molecule has 0 radical (unpaired) electrons. The molecular weight excluding hydrogens is 512 g/mol. The van der Waals surface area contributed by atoms with Crippen molar-refractivity contribution >= 4 is 39.8 Å². The number of fused-ring (bicyclic) bond motifs is 1. The molecule has 1 aliphatic rings. The summed E-state index contributed by atoms with van der Waals surface area (Å²) in [6.07, 6.45) is 0.216. The van der Waals surface area contributed by atoms with Crippen molar-refractivity contribution in [3.63, 3.8) is 0 Å². The lowest BCUT2D eigenvalue weighted by Crippen LogP contribution is -2.46. The van der Waals surface area contributed by atoms with E-state index in [0.29, 0.717) is 22.2 Å². The average Bonchev–Trinajstić information content (AvgIpc) is 3.58. The van der Waals surface area contributed by atoms with Crippen LogP contribution >= 0.6 is 11.3 Å². The molecule has 0 aliphatic carbocycles. The Balaban J connectivity index is 1.28. The second kappa shape index (κ2) is 10.9. The normalized spacial score (nSPS) is 12.4. The quantitative estimate of drug-likeness (QED) is 0.225. The van der Waals surface area contributed by atoms with Crippen LogP contribution in [0.15, 0.2) is 72.8 Å². The first-order valence-electron chi connectivity index (χ1n) is 11.3. The van der Waals surface area contributed by atoms with Gasteiger partial charge in [-0.25, -0.2) is 4.79 Å². The van der Waals surface area contributed by atoms with E-state index in [4.69, 9.17) is 9.47 Å². The van der Waals surface area contributed by atoms with Gasteiger partial charge in [0.2, 0.25) is 17.8 Å². The van der Waals surface area contributed by atoms with Crippen molar-refractivity contribution < 1.29 is 24.0 Å². The van der Waals surface area contributed by atoms with Gasteiger partial charge in [0, 0.05) is 29.8 Å². The molecule has 3 N–H and O–H groups in total. The number of nitro groups is 1. The molecule has 0 fully saturated rings. The van der Waals surface area contributed by atoms with E-state index in [9.17, 15) is 19.7 Å². The van der Waals surface area contributed by atoms with Gasteiger partial charge >= 0.3 is 6.03 Å². The predicted octanol–water partition coefficient (Wildman–Crippen LogP) is 4.21. The Morgan fingerprint density at radius 2 is 1.74 bits per heavy atom. The van der Waals surface area contributed by atoms with Crippen LogP contribution in [0.3, 0.4) is 0 Å². The van der Waals surface area contributed by atoms with Gasteiger partial charge in [-0.2, -0.15) is 0 Å². The van der Waals surface area contributed by atoms with Crippen LogP contribution in [-0.4, -0.2) is 39.9 Å². The maximum absolute atomic E-state index is 13.2. The molecule has 12 nitrogen and oxygen atoms in total. The molecule has 4 aromatic rings. The van der Waals surface area contributed by atoms with E-state index in [1.165, 1.54) is 35.6 Å². The summed E-state index contributed by atoms with van der Waals surface area (Å²) in [5, 5.41) is 27.9. The summed E-state index contributed by atoms with van der Waals surface area (Å²) in [5.74, 6) is 0.768. The molecule has 192 valence electrons. The minimum Gasteiger partial charge on any atom is -0.454 e. The van der Waals surface area contributed by atoms with Crippen LogP contribution in [0.25, 0.3) is 10.6 Å². The number of nitro benzene ring substituents is 1. The van der Waals surface area contributed by atoms with E-state index in [0.717, 1.165) is 11.1 Å². The Kier molecular flexibility index (Phi) is 7.08. The number of carbonyl (C=O) groups is 2. The average molecular weight is 533 g/mol. The van der Waals surface area contributed by atoms with Gasteiger partial charge in [-0.05, 0) is 35.9 Å². The molecular formula is C25H20N6O6S. The zero-order valence-electron chi connectivity index (χ0n) is 19.6. The Morgan fingerprint density at radius 3 is 2.50 bits per heavy atom. The third-order valence-corrected chi connectivity index (χ3v) is 6.40. The first-order chi connectivity index (χ1) is 18.4. The van der Waals surface area contributed by atoms with Gasteiger partial charge in [0.1, 0.15) is 11.0 Å². The van der Waals surface area contributed by atoms with E-state index in [1.807, 2.05) is 36.4 Å². The Morgan fingerprint density at radius 1 is 0.974 bits per heavy atom. The molecule has 5 rings (SSSR count). The molecule has 0 spiro atoms. The van der Waals surface area contributed by atoms with Crippen LogP contribution in [0, 0.1) is 10.1 Å². The molecule has 0 bridgehead atoms. The van der Waals surface area contributed by atoms with Crippen molar-refractivity contribution in [3.8, 4) is 22.1 Å². The monoisotopic (exact) mass is 532 g/mol. The molecule has 0 saturated carbocycles. The Hall–Kier alpha value is -5.04. The van der Waals surface area contributed by atoms with Crippen molar-refractivity contribution in [2.75, 3.05) is 17.4 Å². The minimum atomic E-state index is -0.951. The van der Waals surface area contributed by atoms with Gasteiger partial charge in [-0.3, -0.25) is 20.2 Å². The smallest absolute Gasteiger partial charge is 0.319 e. The number of ether oxygens (including phenoxy) is 2. The van der Waals surface area contributed by atoms with E-state index in [-0.39, 0.29) is 24.0 Å². The first kappa shape index (κ1) is 24.6. The van der Waals surface area contributed by atoms with Gasteiger partial charge in [0.05, 0.1) is 4.92 Å². The number of benzene rings is 3. The van der Waals surface area contributed by atoms with Crippen molar-refractivity contribution in [1.82, 2.24) is 15.5 Å². The molecule has 0 saturated heterocycles. The standard InChI is InChI=1S/C25H20N6O6S/c32-22(28-25-30-29-23(38-25)16-6-11-20-21(13-16)37-14-36-20)19(12-15-4-2-1-3-5-15)27-24(33)26-17-7-9-18(10-8-17)31(34)35/h1-11,13,19H,12,14H2,(H2,26,27,33)(H,28,30,32)/t19-/m1/s1. The molecule has 1 aromatic heterocycles. The summed E-state index contributed by atoms with van der Waals surface area (Å²) in [6.45, 7) is 0.157. The number of nitrogens with one attached hydrogen (secondary N) is 3. The zero-order valence-corrected chi connectivity index (χ0v) is 20.4. The van der Waals surface area contributed by atoms with Crippen LogP contribution in [0.1, 0.15) is 5.56 Å². The van der Waals surface area contributed by atoms with Crippen LogP contribution in [-0.2, 0) is 11.2 Å². The number of rotatable bonds is 8. The number of non-ortho nitro benzene ring substituents is 1. The predicted molar refractivity (Wildman–Crippen MR) is 139 cm³/mol. The van der Waals surface area contributed by atoms with Crippen LogP contribution < -0.4 is 25.4 Å². The third-order valence-electron chi connectivity index (χ3n) is 5.52. The van der Waals surface area contributed by atoms with Crippen LogP contribution in [0.4, 0.5) is 21.3 Å². The van der Waals surface area contributed by atoms with E-state index < -0.39 is 22.9 Å². The molecule has 38 heavy (non-hydrogen) atoms. The van der Waals surface area contributed by atoms with Gasteiger partial charge in [0.15, 0.2) is 11.5 Å². The van der Waals surface area contributed by atoms with Crippen molar-refractivity contribution in [1.29, 1.82) is 0 Å². The van der Waals surface area contributed by atoms with Gasteiger partial charge in [-0.15, -0.1) is 10.2 Å². The maximum atomic E-state index is 13.2. The topological polar surface area (TPSA) is 158 Å². The lowest BCUT2D eigenvalue weighted by molar-refractivity contribution is -0.384. The highest BCUT2D eigenvalue weighted by atomic mass is 32.1. The number of hydrogen-bond acceptors (Lipinski definition) is 9. The number of amides is 3. The van der Waals surface area contributed by atoms with E-state index >= 15 is 0 Å². The van der Waals surface area contributed by atoms with Crippen molar-refractivity contribution in [2.45, 2.75) is 12.5 Å². The van der Waals surface area contributed by atoms with Gasteiger partial charge in [0.25, 0.3) is 5.69 Å². The molecule has 0 unspecified atom stereocenters. The lowest BCUT2D eigenvalue weighted by atomic mass is 10.1. The number of nitrogens with zero attached hydrogens (tertiary/aromatic N) is 3. The number of hydrogen-bond donors (Lipinski definition) is 3. The minimum absolute atomic E-state index is 0.102. The highest BCUT2D eigenvalue weighted by molar-refractivity contribution is 7.18. The fourth-order valence-electron chi connectivity index (χ4n) is 3.66. The van der Waals surface area contributed by atoms with Crippen molar-refractivity contribution in [2.24, 2.45) is 0 Å². The Bertz CT molecular complexity index is 1480. The van der Waals surface area contributed by atoms with Gasteiger partial charge < -0.3 is 20.1 Å². The Labute approximate surface area is 219 Å². The summed E-state index contributed by atoms with van der Waals surface area (Å²) in [6, 6.07) is 18.4. The number of aromatic nitrogens is 2. The molecule has 3 aromatic carbocycles. The summed E-state index contributed by atoms with van der Waals surface area (Å²) in [5.41, 5.74) is 1.83. The summed E-state index contributed by atoms with van der Waals surface area (Å²) in [7, 11) is 0. The second-order valence-corrected chi connectivity index (χ2v) is 9.09. The highest BCUT2D eigenvalue weighted by Crippen LogP contribution is 2.37. The number of carbonyl (C=O) groups excluding carboxylic acids is 2. The lowest BCUT2D eigenvalue weighted by Gasteiger charge is -2.18. The molecule has 13 heteroatoms. The summed E-state index contributed by atoms with van der Waals surface area (Å²) >= 11 is 1.17. The van der Waals surface area contributed by atoms with Crippen LogP contribution in [0.2, 0.25) is 0 Å². The van der Waals surface area contributed by atoms with Crippen molar-refractivity contribution in [3.05, 3.63) is 88.5 Å². The molecule has 2 heterocycles. The number of anilines is 2. The van der Waals surface area contributed by atoms with Gasteiger partial charge in [-0.1, -0.05) is 41.7 Å². The SMILES string of the molecule is O=C(Nc1ccc([N+](=O)[O-])cc1)N[C@H](Cc1ccccc1)C(=O)Nc1nnc(-c2ccc3c(c2)OCO3)s1. The highest BCUT2D eigenvalue weighted by Gasteiger charge is 2.23. The third kappa shape index (κ3) is 5.84. The molecule has 3 amide bonds. The van der Waals surface area contributed by atoms with E-state index in [2.05, 4.69) is 26.1 Å². The zero-order chi connectivity index (χ0) is 26.5. The van der Waals surface area contributed by atoms with Crippen LogP contribution in [0.5, 0.6) is 11.5 Å². The fourth-order valence-corrected chi connectivity index (χ4v) is 4.41. The first-order valence-corrected chi connectivity index (χ1v) is 12.2.